The fourth-order valence-corrected chi connectivity index (χ4v) is 6.37. The van der Waals surface area contributed by atoms with Crippen LogP contribution < -0.4 is 5.32 Å². The highest BCUT2D eigenvalue weighted by Gasteiger charge is 2.66. The van der Waals surface area contributed by atoms with Crippen LogP contribution in [0.4, 0.5) is 5.69 Å². The summed E-state index contributed by atoms with van der Waals surface area (Å²) in [5.74, 6) is -3.64. The molecular formula is C20H18BrCl3N2O5. The van der Waals surface area contributed by atoms with E-state index in [1.807, 2.05) is 0 Å². The van der Waals surface area contributed by atoms with Gasteiger partial charge in [0.25, 0.3) is 5.91 Å². The Labute approximate surface area is 201 Å². The molecule has 1 saturated heterocycles. The number of benzene rings is 1. The number of imide groups is 1. The molecular weight excluding hydrogens is 534 g/mol. The van der Waals surface area contributed by atoms with E-state index in [0.717, 1.165) is 10.5 Å². The Morgan fingerprint density at radius 2 is 1.74 bits per heavy atom. The molecule has 3 amide bonds. The summed E-state index contributed by atoms with van der Waals surface area (Å²) in [6.45, 7) is 0.683. The van der Waals surface area contributed by atoms with Crippen LogP contribution in [0.2, 0.25) is 5.02 Å². The molecule has 3 aliphatic rings. The van der Waals surface area contributed by atoms with Gasteiger partial charge in [0.15, 0.2) is 6.61 Å². The summed E-state index contributed by atoms with van der Waals surface area (Å²) in [5, 5.41) is 2.30. The number of rotatable bonds is 5. The summed E-state index contributed by atoms with van der Waals surface area (Å²) >= 11 is 22.0. The Morgan fingerprint density at radius 1 is 1.16 bits per heavy atom. The van der Waals surface area contributed by atoms with Crippen LogP contribution in [0.15, 0.2) is 16.6 Å². The number of likely N-dealkylation sites (tertiary alicyclic amines) is 1. The highest BCUT2D eigenvalue weighted by Crippen LogP contribution is 2.59. The van der Waals surface area contributed by atoms with Crippen molar-refractivity contribution in [2.45, 2.75) is 24.1 Å². The van der Waals surface area contributed by atoms with Crippen molar-refractivity contribution in [1.82, 2.24) is 4.90 Å². The molecule has 1 aromatic rings. The number of aryl methyl sites for hydroxylation is 1. The number of ether oxygens (including phenoxy) is 1. The van der Waals surface area contributed by atoms with Gasteiger partial charge in [-0.2, -0.15) is 0 Å². The maximum atomic E-state index is 12.8. The Hall–Kier alpha value is -1.35. The van der Waals surface area contributed by atoms with Gasteiger partial charge in [-0.05, 0) is 58.8 Å². The van der Waals surface area contributed by atoms with Crippen molar-refractivity contribution in [3.8, 4) is 0 Å². The van der Waals surface area contributed by atoms with Gasteiger partial charge in [0.2, 0.25) is 11.8 Å². The number of halogens is 4. The number of nitrogens with zero attached hydrogens (tertiary/aromatic N) is 1. The normalized spacial score (nSPS) is 31.2. The Bertz CT molecular complexity index is 958. The zero-order valence-corrected chi connectivity index (χ0v) is 20.1. The van der Waals surface area contributed by atoms with Gasteiger partial charge < -0.3 is 10.1 Å². The largest absolute Gasteiger partial charge is 0.454 e. The van der Waals surface area contributed by atoms with Crippen LogP contribution >= 0.6 is 50.7 Å². The van der Waals surface area contributed by atoms with Crippen LogP contribution in [0, 0.1) is 30.6 Å². The second kappa shape index (κ2) is 8.54. The van der Waals surface area contributed by atoms with Crippen molar-refractivity contribution < 1.29 is 23.9 Å². The van der Waals surface area contributed by atoms with E-state index in [4.69, 9.17) is 39.5 Å². The minimum absolute atomic E-state index is 0.164. The molecule has 11 heteroatoms. The lowest BCUT2D eigenvalue weighted by Gasteiger charge is -2.28. The second-order valence-corrected chi connectivity index (χ2v) is 10.3. The molecule has 31 heavy (non-hydrogen) atoms. The maximum absolute atomic E-state index is 12.8. The molecule has 2 aliphatic carbocycles. The number of hydrogen-bond acceptors (Lipinski definition) is 5. The van der Waals surface area contributed by atoms with Crippen molar-refractivity contribution in [2.24, 2.45) is 23.7 Å². The lowest BCUT2D eigenvalue weighted by Crippen LogP contribution is -2.38. The first-order valence-electron chi connectivity index (χ1n) is 9.64. The van der Waals surface area contributed by atoms with Gasteiger partial charge in [-0.15, -0.1) is 23.2 Å². The number of carbonyl (C=O) groups is 4. The van der Waals surface area contributed by atoms with Gasteiger partial charge >= 0.3 is 5.97 Å². The molecule has 7 nitrogen and oxygen atoms in total. The first kappa shape index (κ1) is 22.8. The molecule has 1 N–H and O–H groups in total. The SMILES string of the molecule is Cc1cc(Br)c(Cl)cc1NC(=O)COC(=O)CN1C(=O)[C@@H]2[C@H]3C[C@@H]([C@H](Cl)[C@H]3Cl)[C@@H]2C1=O. The third kappa shape index (κ3) is 3.96. The fraction of sp³-hybridized carbons (Fsp3) is 0.500. The summed E-state index contributed by atoms with van der Waals surface area (Å²) in [7, 11) is 0. The quantitative estimate of drug-likeness (QED) is 0.344. The topological polar surface area (TPSA) is 92.8 Å². The van der Waals surface area contributed by atoms with Crippen molar-refractivity contribution in [2.75, 3.05) is 18.5 Å². The Balaban J connectivity index is 1.33. The van der Waals surface area contributed by atoms with Crippen LogP contribution in [-0.2, 0) is 23.9 Å². The zero-order chi connectivity index (χ0) is 22.6. The molecule has 0 unspecified atom stereocenters. The predicted molar refractivity (Wildman–Crippen MR) is 118 cm³/mol. The van der Waals surface area contributed by atoms with Crippen LogP contribution in [0.1, 0.15) is 12.0 Å². The van der Waals surface area contributed by atoms with Gasteiger partial charge in [0.05, 0.1) is 27.6 Å². The summed E-state index contributed by atoms with van der Waals surface area (Å²) in [6, 6.07) is 3.32. The summed E-state index contributed by atoms with van der Waals surface area (Å²) < 4.78 is 5.66. The minimum atomic E-state index is -0.848. The lowest BCUT2D eigenvalue weighted by atomic mass is 9.80. The van der Waals surface area contributed by atoms with E-state index in [9.17, 15) is 19.2 Å². The van der Waals surface area contributed by atoms with Crippen molar-refractivity contribution in [3.63, 3.8) is 0 Å². The highest BCUT2D eigenvalue weighted by atomic mass is 79.9. The average molecular weight is 553 g/mol. The van der Waals surface area contributed by atoms with Gasteiger partial charge in [-0.3, -0.25) is 24.1 Å². The molecule has 1 aliphatic heterocycles. The maximum Gasteiger partial charge on any atom is 0.326 e. The molecule has 2 bridgehead atoms. The minimum Gasteiger partial charge on any atom is -0.454 e. The fourth-order valence-electron chi connectivity index (χ4n) is 4.85. The number of anilines is 1. The van der Waals surface area contributed by atoms with Crippen molar-refractivity contribution >= 4 is 80.1 Å². The smallest absolute Gasteiger partial charge is 0.326 e. The molecule has 1 aromatic carbocycles. The zero-order valence-electron chi connectivity index (χ0n) is 16.2. The van der Waals surface area contributed by atoms with E-state index in [0.29, 0.717) is 21.6 Å². The number of fused-ring (bicyclic) bond motifs is 5. The average Bonchev–Trinajstić information content (AvgIpc) is 3.31. The van der Waals surface area contributed by atoms with Crippen LogP contribution in [0.25, 0.3) is 0 Å². The molecule has 0 radical (unpaired) electrons. The van der Waals surface area contributed by atoms with Gasteiger partial charge in [0, 0.05) is 10.2 Å². The van der Waals surface area contributed by atoms with Gasteiger partial charge in [-0.25, -0.2) is 0 Å². The summed E-state index contributed by atoms with van der Waals surface area (Å²) in [4.78, 5) is 50.8. The Kier molecular flexibility index (Phi) is 6.29. The number of nitrogens with one attached hydrogen (secondary N) is 1. The standard InChI is InChI=1S/C20H18BrCl3N2O5/c1-7-2-10(21)11(22)4-12(7)25-13(27)6-31-14(28)5-26-19(29)15-8-3-9(16(15)20(26)30)18(24)17(8)23/h2,4,8-9,15-18H,3,5-6H2,1H3,(H,25,27)/t8-,9-,15-,16+,17+,18+/m1/s1. The lowest BCUT2D eigenvalue weighted by molar-refractivity contribution is -0.154. The number of hydrogen-bond donors (Lipinski definition) is 1. The first-order valence-corrected chi connectivity index (χ1v) is 11.7. The van der Waals surface area contributed by atoms with E-state index >= 15 is 0 Å². The molecule has 166 valence electrons. The first-order chi connectivity index (χ1) is 14.6. The molecule has 2 saturated carbocycles. The number of amides is 3. The third-order valence-corrected chi connectivity index (χ3v) is 8.79. The molecule has 6 atom stereocenters. The van der Waals surface area contributed by atoms with E-state index in [2.05, 4.69) is 21.2 Å². The molecule has 1 heterocycles. The molecule has 0 aromatic heterocycles. The number of esters is 1. The van der Waals surface area contributed by atoms with Crippen LogP contribution in [-0.4, -0.2) is 52.5 Å². The van der Waals surface area contributed by atoms with E-state index < -0.39 is 48.7 Å². The van der Waals surface area contributed by atoms with Crippen molar-refractivity contribution in [1.29, 1.82) is 0 Å². The van der Waals surface area contributed by atoms with E-state index in [-0.39, 0.29) is 22.6 Å². The molecule has 0 spiro atoms. The van der Waals surface area contributed by atoms with Crippen LogP contribution in [0.3, 0.4) is 0 Å². The Morgan fingerprint density at radius 3 is 2.32 bits per heavy atom. The van der Waals surface area contributed by atoms with Crippen LogP contribution in [0.5, 0.6) is 0 Å². The predicted octanol–water partition coefficient (Wildman–Crippen LogP) is 3.36. The number of carbonyl (C=O) groups excluding carboxylic acids is 4. The molecule has 4 rings (SSSR count). The summed E-state index contributed by atoms with van der Waals surface area (Å²) in [6.07, 6.45) is 0.646. The summed E-state index contributed by atoms with van der Waals surface area (Å²) in [5.41, 5.74) is 1.24. The van der Waals surface area contributed by atoms with E-state index in [1.165, 1.54) is 0 Å². The van der Waals surface area contributed by atoms with Gasteiger partial charge in [0.1, 0.15) is 6.54 Å². The van der Waals surface area contributed by atoms with E-state index in [1.54, 1.807) is 19.1 Å². The van der Waals surface area contributed by atoms with Crippen molar-refractivity contribution in [3.05, 3.63) is 27.2 Å². The third-order valence-electron chi connectivity index (χ3n) is 6.27. The highest BCUT2D eigenvalue weighted by molar-refractivity contribution is 9.10. The monoisotopic (exact) mass is 550 g/mol. The second-order valence-electron chi connectivity index (χ2n) is 8.06. The molecule has 3 fully saturated rings. The number of alkyl halides is 2. The van der Waals surface area contributed by atoms with Gasteiger partial charge in [-0.1, -0.05) is 11.6 Å².